The van der Waals surface area contributed by atoms with Gasteiger partial charge >= 0.3 is 37.4 Å². The van der Waals surface area contributed by atoms with Crippen LogP contribution in [0.25, 0.3) is 32.3 Å². The molecule has 0 aliphatic rings. The van der Waals surface area contributed by atoms with Crippen molar-refractivity contribution in [1.29, 1.82) is 0 Å². The van der Waals surface area contributed by atoms with E-state index in [4.69, 9.17) is 10.3 Å². The first-order chi connectivity index (χ1) is 13.1. The van der Waals surface area contributed by atoms with Gasteiger partial charge in [-0.05, 0) is 57.3 Å². The summed E-state index contributed by atoms with van der Waals surface area (Å²) in [7, 11) is -4.56. The van der Waals surface area contributed by atoms with Crippen LogP contribution < -0.4 is 50.2 Å². The molecule has 1 atom stereocenters. The van der Waals surface area contributed by atoms with Gasteiger partial charge in [0.15, 0.2) is 0 Å². The second-order valence-corrected chi connectivity index (χ2v) is 7.45. The van der Waals surface area contributed by atoms with Crippen LogP contribution in [0.3, 0.4) is 0 Å². The van der Waals surface area contributed by atoms with Crippen molar-refractivity contribution >= 4 is 40.1 Å². The van der Waals surface area contributed by atoms with E-state index < -0.39 is 7.82 Å². The standard InChI is InChI=1S/C20H19N2O4P.Na/c21-8-9-22-26-27(23,24)25-20-7-3-6-16-12-17-10-14-4-1-2-5-15(14)11-18(17)13-19(16)20;/h1-7,10-13,22H,8-9,21H2,(H,23,24);/q;+1/p-1. The van der Waals surface area contributed by atoms with Crippen molar-refractivity contribution in [3.8, 4) is 5.75 Å². The topological polar surface area (TPSA) is 96.6 Å². The molecule has 4 aromatic rings. The van der Waals surface area contributed by atoms with Crippen molar-refractivity contribution in [2.24, 2.45) is 5.73 Å². The molecular weight excluding hydrogens is 386 g/mol. The van der Waals surface area contributed by atoms with Gasteiger partial charge < -0.3 is 15.2 Å². The van der Waals surface area contributed by atoms with Crippen molar-refractivity contribution in [2.75, 3.05) is 13.1 Å². The minimum Gasteiger partial charge on any atom is -0.745 e. The molecule has 1 unspecified atom stereocenters. The van der Waals surface area contributed by atoms with E-state index in [-0.39, 0.29) is 48.4 Å². The van der Waals surface area contributed by atoms with Crippen LogP contribution in [0.15, 0.2) is 66.7 Å². The second-order valence-electron chi connectivity index (χ2n) is 6.19. The molecule has 0 bridgehead atoms. The molecule has 4 rings (SSSR count). The summed E-state index contributed by atoms with van der Waals surface area (Å²) in [5, 5.41) is 5.92. The van der Waals surface area contributed by atoms with Crippen LogP contribution in [0.1, 0.15) is 0 Å². The number of rotatable bonds is 6. The minimum atomic E-state index is -4.56. The maximum absolute atomic E-state index is 12.0. The predicted octanol–water partition coefficient (Wildman–Crippen LogP) is 0.477. The average molecular weight is 404 g/mol. The SMILES string of the molecule is NCCNOP(=O)([O-])Oc1cccc2cc3cc4ccccc4cc3cc12.[Na+]. The smallest absolute Gasteiger partial charge is 0.745 e. The monoisotopic (exact) mass is 404 g/mol. The van der Waals surface area contributed by atoms with Gasteiger partial charge in [0, 0.05) is 18.5 Å². The van der Waals surface area contributed by atoms with E-state index in [0.717, 1.165) is 26.9 Å². The fraction of sp³-hybridized carbons (Fsp3) is 0.100. The molecule has 0 saturated heterocycles. The molecule has 0 aliphatic heterocycles. The fourth-order valence-electron chi connectivity index (χ4n) is 3.09. The van der Waals surface area contributed by atoms with Crippen molar-refractivity contribution in [3.63, 3.8) is 0 Å². The Kier molecular flexibility index (Phi) is 6.76. The quantitative estimate of drug-likeness (QED) is 0.160. The van der Waals surface area contributed by atoms with Crippen molar-refractivity contribution in [2.45, 2.75) is 0 Å². The summed E-state index contributed by atoms with van der Waals surface area (Å²) in [6.45, 7) is 0.442. The molecule has 3 N–H and O–H groups in total. The zero-order valence-corrected chi connectivity index (χ0v) is 18.3. The minimum absolute atomic E-state index is 0. The Labute approximate surface area is 184 Å². The third-order valence-electron chi connectivity index (χ3n) is 4.29. The Morgan fingerprint density at radius 3 is 2.18 bits per heavy atom. The Hall–Kier alpha value is -1.47. The van der Waals surface area contributed by atoms with Crippen LogP contribution in [-0.2, 0) is 9.19 Å². The molecule has 0 fully saturated rings. The number of phosphoric ester groups is 1. The Bertz CT molecular complexity index is 1180. The molecule has 138 valence electrons. The molecule has 28 heavy (non-hydrogen) atoms. The summed E-state index contributed by atoms with van der Waals surface area (Å²) in [4.78, 5) is 12.0. The summed E-state index contributed by atoms with van der Waals surface area (Å²) < 4.78 is 21.8. The first-order valence-corrected chi connectivity index (χ1v) is 9.99. The molecule has 0 amide bonds. The Balaban J connectivity index is 0.00000225. The maximum atomic E-state index is 12.0. The van der Waals surface area contributed by atoms with E-state index in [1.165, 1.54) is 0 Å². The molecule has 0 aromatic heterocycles. The summed E-state index contributed by atoms with van der Waals surface area (Å²) in [5.41, 5.74) is 7.57. The Morgan fingerprint density at radius 1 is 0.893 bits per heavy atom. The first-order valence-electron chi connectivity index (χ1n) is 8.53. The van der Waals surface area contributed by atoms with Crippen LogP contribution in [0.2, 0.25) is 0 Å². The largest absolute Gasteiger partial charge is 1.00 e. The molecule has 0 saturated carbocycles. The molecule has 0 spiro atoms. The number of hydrogen-bond acceptors (Lipinski definition) is 6. The van der Waals surface area contributed by atoms with Crippen LogP contribution in [0.4, 0.5) is 0 Å². The number of phosphoric acid groups is 1. The molecule has 6 nitrogen and oxygen atoms in total. The molecule has 0 radical (unpaired) electrons. The van der Waals surface area contributed by atoms with E-state index in [2.05, 4.69) is 28.3 Å². The predicted molar refractivity (Wildman–Crippen MR) is 105 cm³/mol. The third-order valence-corrected chi connectivity index (χ3v) is 5.07. The molecular formula is C20H18N2NaO4P. The van der Waals surface area contributed by atoms with Crippen molar-refractivity contribution < 1.29 is 48.2 Å². The number of benzene rings is 4. The first kappa shape index (κ1) is 21.2. The second kappa shape index (κ2) is 8.91. The van der Waals surface area contributed by atoms with E-state index in [1.807, 2.05) is 36.4 Å². The van der Waals surface area contributed by atoms with Gasteiger partial charge in [0.05, 0.1) is 0 Å². The number of nitrogens with one attached hydrogen (secondary N) is 1. The summed E-state index contributed by atoms with van der Waals surface area (Å²) in [6.07, 6.45) is 0. The van der Waals surface area contributed by atoms with Gasteiger partial charge in [0.25, 0.3) is 0 Å². The summed E-state index contributed by atoms with van der Waals surface area (Å²) >= 11 is 0. The van der Waals surface area contributed by atoms with E-state index in [9.17, 15) is 9.46 Å². The van der Waals surface area contributed by atoms with Gasteiger partial charge in [0.1, 0.15) is 5.75 Å². The Morgan fingerprint density at radius 2 is 1.50 bits per heavy atom. The number of nitrogens with two attached hydrogens (primary N) is 1. The van der Waals surface area contributed by atoms with Gasteiger partial charge in [0.2, 0.25) is 0 Å². The summed E-state index contributed by atoms with van der Waals surface area (Å²) in [6, 6.07) is 21.5. The van der Waals surface area contributed by atoms with E-state index in [0.29, 0.717) is 5.39 Å². The maximum Gasteiger partial charge on any atom is 1.00 e. The molecule has 4 aromatic carbocycles. The van der Waals surface area contributed by atoms with Crippen LogP contribution >= 0.6 is 7.82 Å². The van der Waals surface area contributed by atoms with Crippen molar-refractivity contribution in [1.82, 2.24) is 5.48 Å². The number of hydrogen-bond donors (Lipinski definition) is 2. The van der Waals surface area contributed by atoms with E-state index in [1.54, 1.807) is 12.1 Å². The van der Waals surface area contributed by atoms with Crippen LogP contribution in [0, 0.1) is 0 Å². The number of hydroxylamine groups is 1. The van der Waals surface area contributed by atoms with E-state index >= 15 is 0 Å². The van der Waals surface area contributed by atoms with Gasteiger partial charge in [-0.3, -0.25) is 4.57 Å². The van der Waals surface area contributed by atoms with Gasteiger partial charge in [-0.2, -0.15) is 5.48 Å². The third kappa shape index (κ3) is 4.57. The van der Waals surface area contributed by atoms with Crippen LogP contribution in [-0.4, -0.2) is 13.1 Å². The fourth-order valence-corrected chi connectivity index (χ4v) is 3.78. The zero-order chi connectivity index (χ0) is 18.9. The zero-order valence-electron chi connectivity index (χ0n) is 15.4. The molecule has 8 heteroatoms. The normalized spacial score (nSPS) is 13.4. The van der Waals surface area contributed by atoms with Gasteiger partial charge in [-0.15, -0.1) is 0 Å². The molecule has 0 aliphatic carbocycles. The number of fused-ring (bicyclic) bond motifs is 3. The average Bonchev–Trinajstić information content (AvgIpc) is 2.65. The summed E-state index contributed by atoms with van der Waals surface area (Å²) in [5.74, 6) is 0.218. The molecule has 0 heterocycles. The van der Waals surface area contributed by atoms with Gasteiger partial charge in [-0.25, -0.2) is 4.62 Å². The van der Waals surface area contributed by atoms with Crippen LogP contribution in [0.5, 0.6) is 5.75 Å². The van der Waals surface area contributed by atoms with Crippen molar-refractivity contribution in [3.05, 3.63) is 66.7 Å². The van der Waals surface area contributed by atoms with Gasteiger partial charge in [-0.1, -0.05) is 36.4 Å².